The summed E-state index contributed by atoms with van der Waals surface area (Å²) in [6.45, 7) is 8.60. The summed E-state index contributed by atoms with van der Waals surface area (Å²) in [5.74, 6) is -2.09. The molecule has 0 aliphatic rings. The highest BCUT2D eigenvalue weighted by molar-refractivity contribution is 9.09. The molecule has 8 heteroatoms. The lowest BCUT2D eigenvalue weighted by atomic mass is 9.96. The molecule has 0 heterocycles. The maximum atomic E-state index is 13.2. The van der Waals surface area contributed by atoms with E-state index in [2.05, 4.69) is 21.2 Å². The number of nitrogens with zero attached hydrogens (tertiary/aromatic N) is 1. The molecule has 0 radical (unpaired) electrons. The maximum Gasteiger partial charge on any atom is 0.246 e. The van der Waals surface area contributed by atoms with Crippen molar-refractivity contribution in [2.45, 2.75) is 65.6 Å². The first kappa shape index (κ1) is 27.0. The van der Waals surface area contributed by atoms with Gasteiger partial charge in [0.2, 0.25) is 17.7 Å². The molecule has 0 saturated carbocycles. The number of Topliss-reactive ketones (excluding diaryl/α,β-unsaturated/α-hetero) is 1. The van der Waals surface area contributed by atoms with Crippen molar-refractivity contribution in [1.82, 2.24) is 10.2 Å². The number of alkyl halides is 1. The van der Waals surface area contributed by atoms with E-state index in [4.69, 9.17) is 5.73 Å². The maximum absolute atomic E-state index is 13.2. The molecule has 3 atom stereocenters. The molecule has 0 aliphatic heterocycles. The average molecular weight is 496 g/mol. The van der Waals surface area contributed by atoms with Gasteiger partial charge in [0.05, 0.1) is 17.4 Å². The molecule has 0 aliphatic carbocycles. The van der Waals surface area contributed by atoms with Crippen LogP contribution in [0, 0.1) is 11.8 Å². The van der Waals surface area contributed by atoms with E-state index >= 15 is 0 Å². The van der Waals surface area contributed by atoms with Crippen LogP contribution in [0.5, 0.6) is 0 Å². The number of rotatable bonds is 11. The van der Waals surface area contributed by atoms with E-state index < -0.39 is 35.8 Å². The van der Waals surface area contributed by atoms with Gasteiger partial charge >= 0.3 is 0 Å². The molecule has 3 N–H and O–H groups in total. The Balaban J connectivity index is 3.16. The molecule has 1 rings (SSSR count). The number of nitrogens with two attached hydrogens (primary N) is 1. The summed E-state index contributed by atoms with van der Waals surface area (Å²) in [6.07, 6.45) is 0.705. The lowest BCUT2D eigenvalue weighted by Crippen LogP contribution is -2.60. The van der Waals surface area contributed by atoms with E-state index in [0.717, 1.165) is 10.5 Å². The Morgan fingerprint density at radius 2 is 1.65 bits per heavy atom. The molecule has 1 aromatic carbocycles. The number of hydrogen-bond acceptors (Lipinski definition) is 5. The molecule has 0 saturated heterocycles. The smallest absolute Gasteiger partial charge is 0.246 e. The van der Waals surface area contributed by atoms with Crippen LogP contribution in [0.1, 0.15) is 46.6 Å². The number of halogens is 1. The number of nitrogens with one attached hydrogen (secondary N) is 1. The van der Waals surface area contributed by atoms with Gasteiger partial charge in [-0.2, -0.15) is 0 Å². The summed E-state index contributed by atoms with van der Waals surface area (Å²) >= 11 is 3.17. The third-order valence-electron chi connectivity index (χ3n) is 4.92. The molecule has 0 aromatic heterocycles. The Bertz CT molecular complexity index is 767. The number of amides is 3. The molecular weight excluding hydrogens is 462 g/mol. The van der Waals surface area contributed by atoms with Crippen LogP contribution in [0.25, 0.3) is 0 Å². The van der Waals surface area contributed by atoms with Crippen LogP contribution in [-0.2, 0) is 25.6 Å². The highest BCUT2D eigenvalue weighted by atomic mass is 79.9. The average Bonchev–Trinajstić information content (AvgIpc) is 2.69. The lowest BCUT2D eigenvalue weighted by Gasteiger charge is -2.34. The molecule has 3 amide bonds. The minimum Gasteiger partial charge on any atom is -0.344 e. The third kappa shape index (κ3) is 8.18. The first-order valence-corrected chi connectivity index (χ1v) is 11.6. The lowest BCUT2D eigenvalue weighted by molar-refractivity contribution is -0.153. The van der Waals surface area contributed by atoms with E-state index in [9.17, 15) is 19.2 Å². The van der Waals surface area contributed by atoms with Gasteiger partial charge in [-0.25, -0.2) is 0 Å². The largest absolute Gasteiger partial charge is 0.344 e. The normalized spacial score (nSPS) is 14.1. The summed E-state index contributed by atoms with van der Waals surface area (Å²) < 4.78 is 0. The van der Waals surface area contributed by atoms with Gasteiger partial charge in [0.25, 0.3) is 0 Å². The van der Waals surface area contributed by atoms with Gasteiger partial charge in [-0.1, -0.05) is 74.0 Å². The first-order valence-electron chi connectivity index (χ1n) is 10.5. The van der Waals surface area contributed by atoms with Crippen molar-refractivity contribution in [3.05, 3.63) is 35.9 Å². The fourth-order valence-corrected chi connectivity index (χ4v) is 3.83. The van der Waals surface area contributed by atoms with Crippen LogP contribution in [0.2, 0.25) is 0 Å². The summed E-state index contributed by atoms with van der Waals surface area (Å²) in [6, 6.07) is 6.59. The zero-order valence-corrected chi connectivity index (χ0v) is 20.5. The van der Waals surface area contributed by atoms with Crippen LogP contribution < -0.4 is 11.1 Å². The molecule has 7 nitrogen and oxygen atoms in total. The Morgan fingerprint density at radius 1 is 1.06 bits per heavy atom. The van der Waals surface area contributed by atoms with E-state index in [-0.39, 0.29) is 22.9 Å². The molecule has 1 aromatic rings. The zero-order valence-electron chi connectivity index (χ0n) is 18.9. The van der Waals surface area contributed by atoms with Crippen molar-refractivity contribution in [3.63, 3.8) is 0 Å². The van der Waals surface area contributed by atoms with Gasteiger partial charge in [0.15, 0.2) is 5.78 Å². The molecule has 0 unspecified atom stereocenters. The molecule has 0 bridgehead atoms. The van der Waals surface area contributed by atoms with Gasteiger partial charge in [-0.05, 0) is 30.2 Å². The Hall–Kier alpha value is -2.06. The van der Waals surface area contributed by atoms with Crippen molar-refractivity contribution >= 4 is 39.4 Å². The van der Waals surface area contributed by atoms with Crippen molar-refractivity contribution in [1.29, 1.82) is 0 Å². The molecule has 0 spiro atoms. The predicted octanol–water partition coefficient (Wildman–Crippen LogP) is 2.45. The molecular formula is C23H34BrN3O4. The van der Waals surface area contributed by atoms with Crippen molar-refractivity contribution < 1.29 is 19.2 Å². The van der Waals surface area contributed by atoms with Gasteiger partial charge in [0, 0.05) is 6.92 Å². The number of carbonyl (C=O) groups excluding carboxylic acids is 4. The number of ketones is 1. The Kier molecular flexibility index (Phi) is 11.1. The number of imide groups is 1. The van der Waals surface area contributed by atoms with E-state index in [1.165, 1.54) is 6.92 Å². The van der Waals surface area contributed by atoms with Gasteiger partial charge in [0.1, 0.15) is 6.04 Å². The van der Waals surface area contributed by atoms with E-state index in [1.807, 2.05) is 44.2 Å². The highest BCUT2D eigenvalue weighted by Gasteiger charge is 2.38. The van der Waals surface area contributed by atoms with Crippen LogP contribution in [-0.4, -0.2) is 51.9 Å². The number of benzene rings is 1. The Labute approximate surface area is 193 Å². The summed E-state index contributed by atoms with van der Waals surface area (Å²) in [5.41, 5.74) is 6.92. The summed E-state index contributed by atoms with van der Waals surface area (Å²) in [5, 5.41) is 2.84. The van der Waals surface area contributed by atoms with Crippen LogP contribution in [0.15, 0.2) is 30.3 Å². The SMILES string of the molecule is CC(=O)N(C(=O)[C@@H](N)CC(C)C)[C@H](C(=O)N[C@@H](Cc1ccccc1)C(=O)CBr)C(C)C. The van der Waals surface area contributed by atoms with Gasteiger partial charge < -0.3 is 11.1 Å². The minimum atomic E-state index is -1.07. The van der Waals surface area contributed by atoms with Crippen LogP contribution in [0.3, 0.4) is 0 Å². The zero-order chi connectivity index (χ0) is 23.7. The molecule has 31 heavy (non-hydrogen) atoms. The van der Waals surface area contributed by atoms with E-state index in [1.54, 1.807) is 13.8 Å². The second kappa shape index (κ2) is 12.7. The van der Waals surface area contributed by atoms with Crippen molar-refractivity contribution in [2.75, 3.05) is 5.33 Å². The first-order chi connectivity index (χ1) is 14.5. The molecule has 0 fully saturated rings. The fraction of sp³-hybridized carbons (Fsp3) is 0.565. The number of hydrogen-bond donors (Lipinski definition) is 2. The fourth-order valence-electron chi connectivity index (χ4n) is 3.44. The standard InChI is InChI=1S/C23H34BrN3O4/c1-14(2)11-18(25)23(31)27(16(5)28)21(15(3)4)22(30)26-19(20(29)13-24)12-17-9-7-6-8-10-17/h6-10,14-15,18-19,21H,11-13,25H2,1-5H3,(H,26,30)/t18-,19-,21-/m0/s1. The highest BCUT2D eigenvalue weighted by Crippen LogP contribution is 2.17. The van der Waals surface area contributed by atoms with Crippen molar-refractivity contribution in [2.24, 2.45) is 17.6 Å². The second-order valence-electron chi connectivity index (χ2n) is 8.50. The Morgan fingerprint density at radius 3 is 2.10 bits per heavy atom. The van der Waals surface area contributed by atoms with Gasteiger partial charge in [-0.3, -0.25) is 24.1 Å². The summed E-state index contributed by atoms with van der Waals surface area (Å²) in [4.78, 5) is 52.0. The monoisotopic (exact) mass is 495 g/mol. The summed E-state index contributed by atoms with van der Waals surface area (Å²) in [7, 11) is 0. The minimum absolute atomic E-state index is 0.0751. The van der Waals surface area contributed by atoms with Crippen LogP contribution >= 0.6 is 15.9 Å². The second-order valence-corrected chi connectivity index (χ2v) is 9.06. The van der Waals surface area contributed by atoms with E-state index in [0.29, 0.717) is 12.8 Å². The number of carbonyl (C=O) groups is 4. The molecule has 172 valence electrons. The van der Waals surface area contributed by atoms with Gasteiger partial charge in [-0.15, -0.1) is 0 Å². The third-order valence-corrected chi connectivity index (χ3v) is 5.47. The van der Waals surface area contributed by atoms with Crippen molar-refractivity contribution in [3.8, 4) is 0 Å². The topological polar surface area (TPSA) is 110 Å². The van der Waals surface area contributed by atoms with Crippen LogP contribution in [0.4, 0.5) is 0 Å². The quantitative estimate of drug-likeness (QED) is 0.458. The predicted molar refractivity (Wildman–Crippen MR) is 124 cm³/mol.